The van der Waals surface area contributed by atoms with E-state index in [1.165, 1.54) is 0 Å². The van der Waals surface area contributed by atoms with E-state index in [1.807, 2.05) is 0 Å². The number of rotatable bonds is 5. The SMILES string of the molecule is COc1cc(Br)c(NC(=O)CC2CCCN2)cc1OC.Cl. The number of carbonyl (C=O) groups is 1. The molecule has 0 aliphatic carbocycles. The molecule has 5 nitrogen and oxygen atoms in total. The lowest BCUT2D eigenvalue weighted by molar-refractivity contribution is -0.116. The summed E-state index contributed by atoms with van der Waals surface area (Å²) in [6, 6.07) is 3.82. The fourth-order valence-electron chi connectivity index (χ4n) is 2.31. The van der Waals surface area contributed by atoms with Crippen LogP contribution in [0.15, 0.2) is 16.6 Å². The van der Waals surface area contributed by atoms with Crippen molar-refractivity contribution in [1.82, 2.24) is 5.32 Å². The fraction of sp³-hybridized carbons (Fsp3) is 0.500. The van der Waals surface area contributed by atoms with Gasteiger partial charge in [-0.25, -0.2) is 0 Å². The zero-order valence-corrected chi connectivity index (χ0v) is 14.5. The Balaban J connectivity index is 0.00000220. The van der Waals surface area contributed by atoms with Crippen molar-refractivity contribution >= 4 is 39.9 Å². The molecule has 7 heteroatoms. The van der Waals surface area contributed by atoms with Gasteiger partial charge >= 0.3 is 0 Å². The molecule has 1 amide bonds. The maximum Gasteiger partial charge on any atom is 0.225 e. The van der Waals surface area contributed by atoms with Crippen molar-refractivity contribution in [2.75, 3.05) is 26.1 Å². The Kier molecular flexibility index (Phi) is 7.28. The van der Waals surface area contributed by atoms with Crippen molar-refractivity contribution in [3.05, 3.63) is 16.6 Å². The third kappa shape index (κ3) is 4.76. The zero-order valence-electron chi connectivity index (χ0n) is 12.1. The van der Waals surface area contributed by atoms with Crippen molar-refractivity contribution in [3.8, 4) is 11.5 Å². The van der Waals surface area contributed by atoms with Crippen LogP contribution < -0.4 is 20.1 Å². The molecule has 0 radical (unpaired) electrons. The van der Waals surface area contributed by atoms with Gasteiger partial charge in [-0.05, 0) is 35.3 Å². The van der Waals surface area contributed by atoms with Gasteiger partial charge in [-0.1, -0.05) is 0 Å². The summed E-state index contributed by atoms with van der Waals surface area (Å²) in [5, 5.41) is 6.21. The first-order valence-electron chi connectivity index (χ1n) is 6.58. The zero-order chi connectivity index (χ0) is 14.5. The maximum atomic E-state index is 12.0. The third-order valence-corrected chi connectivity index (χ3v) is 4.00. The van der Waals surface area contributed by atoms with Gasteiger partial charge in [0.05, 0.1) is 19.9 Å². The summed E-state index contributed by atoms with van der Waals surface area (Å²) in [7, 11) is 3.15. The molecule has 1 aliphatic rings. The molecule has 118 valence electrons. The minimum atomic E-state index is -0.00248. The van der Waals surface area contributed by atoms with E-state index in [1.54, 1.807) is 26.4 Å². The highest BCUT2D eigenvalue weighted by atomic mass is 79.9. The van der Waals surface area contributed by atoms with Crippen LogP contribution >= 0.6 is 28.3 Å². The highest BCUT2D eigenvalue weighted by molar-refractivity contribution is 9.10. The van der Waals surface area contributed by atoms with Gasteiger partial charge in [0.25, 0.3) is 0 Å². The standard InChI is InChI=1S/C14H19BrN2O3.ClH/c1-19-12-7-10(15)11(8-13(12)20-2)17-14(18)6-9-4-3-5-16-9;/h7-9,16H,3-6H2,1-2H3,(H,17,18);1H. The number of hydrogen-bond acceptors (Lipinski definition) is 4. The average Bonchev–Trinajstić information content (AvgIpc) is 2.93. The van der Waals surface area contributed by atoms with Crippen LogP contribution in [-0.4, -0.2) is 32.7 Å². The molecule has 0 aromatic heterocycles. The van der Waals surface area contributed by atoms with E-state index in [4.69, 9.17) is 9.47 Å². The van der Waals surface area contributed by atoms with Crippen LogP contribution in [0.4, 0.5) is 5.69 Å². The quantitative estimate of drug-likeness (QED) is 0.826. The molecular formula is C14H20BrClN2O3. The highest BCUT2D eigenvalue weighted by Crippen LogP contribution is 2.36. The Morgan fingerprint density at radius 3 is 2.62 bits per heavy atom. The number of amides is 1. The molecule has 1 aromatic carbocycles. The Labute approximate surface area is 139 Å². The number of methoxy groups -OCH3 is 2. The molecule has 1 aliphatic heterocycles. The summed E-state index contributed by atoms with van der Waals surface area (Å²) in [6.45, 7) is 0.998. The molecule has 1 heterocycles. The minimum Gasteiger partial charge on any atom is -0.493 e. The molecule has 1 saturated heterocycles. The average molecular weight is 380 g/mol. The lowest BCUT2D eigenvalue weighted by Crippen LogP contribution is -2.27. The number of ether oxygens (including phenoxy) is 2. The second-order valence-corrected chi connectivity index (χ2v) is 5.59. The maximum absolute atomic E-state index is 12.0. The Bertz CT molecular complexity index is 493. The summed E-state index contributed by atoms with van der Waals surface area (Å²) < 4.78 is 11.2. The van der Waals surface area contributed by atoms with E-state index >= 15 is 0 Å². The van der Waals surface area contributed by atoms with Crippen molar-refractivity contribution in [2.45, 2.75) is 25.3 Å². The monoisotopic (exact) mass is 378 g/mol. The summed E-state index contributed by atoms with van der Waals surface area (Å²) in [6.07, 6.45) is 2.68. The van der Waals surface area contributed by atoms with Gasteiger partial charge in [-0.15, -0.1) is 12.4 Å². The number of hydrogen-bond donors (Lipinski definition) is 2. The van der Waals surface area contributed by atoms with Gasteiger partial charge in [0, 0.05) is 29.1 Å². The van der Waals surface area contributed by atoms with Crippen LogP contribution in [0, 0.1) is 0 Å². The van der Waals surface area contributed by atoms with Crippen molar-refractivity contribution in [1.29, 1.82) is 0 Å². The minimum absolute atomic E-state index is 0. The second kappa shape index (κ2) is 8.46. The van der Waals surface area contributed by atoms with Gasteiger partial charge in [0.1, 0.15) is 0 Å². The molecule has 1 fully saturated rings. The lowest BCUT2D eigenvalue weighted by atomic mass is 10.1. The van der Waals surface area contributed by atoms with Crippen LogP contribution in [0.25, 0.3) is 0 Å². The van der Waals surface area contributed by atoms with Gasteiger partial charge in [0.15, 0.2) is 11.5 Å². The van der Waals surface area contributed by atoms with Gasteiger partial charge < -0.3 is 20.1 Å². The molecule has 1 aromatic rings. The third-order valence-electron chi connectivity index (χ3n) is 3.34. The molecular weight excluding hydrogens is 360 g/mol. The first-order valence-corrected chi connectivity index (χ1v) is 7.38. The molecule has 2 N–H and O–H groups in total. The molecule has 21 heavy (non-hydrogen) atoms. The molecule has 0 saturated carbocycles. The van der Waals surface area contributed by atoms with Crippen LogP contribution in [0.5, 0.6) is 11.5 Å². The Morgan fingerprint density at radius 1 is 1.38 bits per heavy atom. The van der Waals surface area contributed by atoms with Gasteiger partial charge in [-0.3, -0.25) is 4.79 Å². The van der Waals surface area contributed by atoms with E-state index in [0.29, 0.717) is 23.6 Å². The number of carbonyl (C=O) groups excluding carboxylic acids is 1. The highest BCUT2D eigenvalue weighted by Gasteiger charge is 2.19. The van der Waals surface area contributed by atoms with Crippen LogP contribution in [0.1, 0.15) is 19.3 Å². The number of halogens is 2. The largest absolute Gasteiger partial charge is 0.493 e. The van der Waals surface area contributed by atoms with E-state index in [0.717, 1.165) is 23.9 Å². The van der Waals surface area contributed by atoms with Crippen LogP contribution in [-0.2, 0) is 4.79 Å². The second-order valence-electron chi connectivity index (χ2n) is 4.73. The lowest BCUT2D eigenvalue weighted by Gasteiger charge is -2.14. The molecule has 2 rings (SSSR count). The Hall–Kier alpha value is -0.980. The van der Waals surface area contributed by atoms with E-state index in [-0.39, 0.29) is 24.4 Å². The first kappa shape index (κ1) is 18.1. The Morgan fingerprint density at radius 2 is 2.05 bits per heavy atom. The van der Waals surface area contributed by atoms with E-state index < -0.39 is 0 Å². The van der Waals surface area contributed by atoms with Crippen molar-refractivity contribution < 1.29 is 14.3 Å². The van der Waals surface area contributed by atoms with Crippen LogP contribution in [0.3, 0.4) is 0 Å². The smallest absolute Gasteiger partial charge is 0.225 e. The summed E-state index contributed by atoms with van der Waals surface area (Å²) in [5.74, 6) is 1.21. The normalized spacial score (nSPS) is 17.0. The molecule has 0 spiro atoms. The van der Waals surface area contributed by atoms with E-state index in [9.17, 15) is 4.79 Å². The number of benzene rings is 1. The predicted octanol–water partition coefficient (Wildman–Crippen LogP) is 2.97. The fourth-order valence-corrected chi connectivity index (χ4v) is 2.73. The summed E-state index contributed by atoms with van der Waals surface area (Å²) in [5.41, 5.74) is 0.686. The molecule has 1 unspecified atom stereocenters. The topological polar surface area (TPSA) is 59.6 Å². The molecule has 1 atom stereocenters. The van der Waals surface area contributed by atoms with Crippen molar-refractivity contribution in [3.63, 3.8) is 0 Å². The van der Waals surface area contributed by atoms with E-state index in [2.05, 4.69) is 26.6 Å². The number of anilines is 1. The first-order chi connectivity index (χ1) is 9.63. The summed E-state index contributed by atoms with van der Waals surface area (Å²) >= 11 is 3.43. The predicted molar refractivity (Wildman–Crippen MR) is 88.8 cm³/mol. The van der Waals surface area contributed by atoms with Gasteiger partial charge in [-0.2, -0.15) is 0 Å². The van der Waals surface area contributed by atoms with Crippen LogP contribution in [0.2, 0.25) is 0 Å². The molecule has 0 bridgehead atoms. The van der Waals surface area contributed by atoms with Crippen molar-refractivity contribution in [2.24, 2.45) is 0 Å². The summed E-state index contributed by atoms with van der Waals surface area (Å²) in [4.78, 5) is 12.0. The van der Waals surface area contributed by atoms with Gasteiger partial charge in [0.2, 0.25) is 5.91 Å². The number of nitrogens with one attached hydrogen (secondary N) is 2.